The first-order valence-electron chi connectivity index (χ1n) is 7.40. The molecule has 0 saturated carbocycles. The van der Waals surface area contributed by atoms with Crippen LogP contribution in [0.5, 0.6) is 5.75 Å². The summed E-state index contributed by atoms with van der Waals surface area (Å²) in [6, 6.07) is 5.84. The van der Waals surface area contributed by atoms with Gasteiger partial charge in [0.15, 0.2) is 11.6 Å². The van der Waals surface area contributed by atoms with Crippen molar-refractivity contribution < 1.29 is 23.8 Å². The van der Waals surface area contributed by atoms with Crippen molar-refractivity contribution in [1.29, 1.82) is 0 Å². The topological polar surface area (TPSA) is 66.8 Å². The molecule has 6 heteroatoms. The highest BCUT2D eigenvalue weighted by atomic mass is 19.1. The van der Waals surface area contributed by atoms with Crippen LogP contribution in [-0.2, 0) is 9.59 Å². The summed E-state index contributed by atoms with van der Waals surface area (Å²) in [5.74, 6) is -1.67. The van der Waals surface area contributed by atoms with Crippen LogP contribution < -0.4 is 4.74 Å². The molecule has 1 N–H and O–H groups in total. The van der Waals surface area contributed by atoms with Crippen molar-refractivity contribution in [1.82, 2.24) is 4.90 Å². The molecule has 2 unspecified atom stereocenters. The molecule has 1 aliphatic heterocycles. The van der Waals surface area contributed by atoms with E-state index >= 15 is 0 Å². The Morgan fingerprint density at radius 1 is 1.41 bits per heavy atom. The zero-order chi connectivity index (χ0) is 16.1. The number of ether oxygens (including phenoxy) is 1. The Morgan fingerprint density at radius 2 is 2.14 bits per heavy atom. The molecule has 2 rings (SSSR count). The van der Waals surface area contributed by atoms with Crippen LogP contribution in [0.2, 0.25) is 0 Å². The summed E-state index contributed by atoms with van der Waals surface area (Å²) < 4.78 is 18.6. The van der Waals surface area contributed by atoms with E-state index in [9.17, 15) is 14.0 Å². The lowest BCUT2D eigenvalue weighted by Gasteiger charge is -2.23. The third-order valence-electron chi connectivity index (χ3n) is 4.02. The number of hydrogen-bond donors (Lipinski definition) is 1. The molecule has 22 heavy (non-hydrogen) atoms. The van der Waals surface area contributed by atoms with Crippen LogP contribution in [0.4, 0.5) is 4.39 Å². The second kappa shape index (κ2) is 7.24. The van der Waals surface area contributed by atoms with E-state index in [2.05, 4.69) is 0 Å². The number of nitrogens with zero attached hydrogens (tertiary/aromatic N) is 1. The van der Waals surface area contributed by atoms with Gasteiger partial charge in [-0.1, -0.05) is 12.1 Å². The molecular formula is C16H20FNO4. The molecule has 1 fully saturated rings. The number of benzene rings is 1. The summed E-state index contributed by atoms with van der Waals surface area (Å²) in [5.41, 5.74) is 0. The van der Waals surface area contributed by atoms with Gasteiger partial charge in [0.2, 0.25) is 5.91 Å². The van der Waals surface area contributed by atoms with Gasteiger partial charge in [-0.15, -0.1) is 0 Å². The molecule has 1 amide bonds. The monoisotopic (exact) mass is 309 g/mol. The highest BCUT2D eigenvalue weighted by Crippen LogP contribution is 2.25. The van der Waals surface area contributed by atoms with E-state index < -0.39 is 17.7 Å². The molecule has 1 saturated heterocycles. The Kier molecular flexibility index (Phi) is 5.35. The quantitative estimate of drug-likeness (QED) is 0.819. The number of aliphatic carboxylic acids is 1. The van der Waals surface area contributed by atoms with E-state index in [1.54, 1.807) is 24.0 Å². The first kappa shape index (κ1) is 16.3. The molecule has 2 atom stereocenters. The van der Waals surface area contributed by atoms with Gasteiger partial charge in [0.25, 0.3) is 0 Å². The number of amides is 1. The standard InChI is InChI=1S/C16H20FNO4/c1-11-12(16(20)21)8-9-18(11)15(19)7-4-10-22-14-6-3-2-5-13(14)17/h2-3,5-6,11-12H,4,7-10H2,1H3,(H,20,21). The third kappa shape index (κ3) is 3.75. The maximum atomic E-state index is 13.3. The minimum Gasteiger partial charge on any atom is -0.491 e. The molecule has 0 spiro atoms. The maximum absolute atomic E-state index is 13.3. The minimum atomic E-state index is -0.856. The molecule has 0 aliphatic carbocycles. The van der Waals surface area contributed by atoms with Gasteiger partial charge in [-0.3, -0.25) is 9.59 Å². The van der Waals surface area contributed by atoms with Gasteiger partial charge in [0.05, 0.1) is 12.5 Å². The van der Waals surface area contributed by atoms with Crippen LogP contribution >= 0.6 is 0 Å². The lowest BCUT2D eigenvalue weighted by molar-refractivity contribution is -0.143. The number of carboxylic acid groups (broad SMARTS) is 1. The van der Waals surface area contributed by atoms with Crippen LogP contribution in [-0.4, -0.2) is 41.1 Å². The third-order valence-corrected chi connectivity index (χ3v) is 4.02. The number of carboxylic acids is 1. The van der Waals surface area contributed by atoms with E-state index in [0.717, 1.165) is 0 Å². The molecule has 5 nitrogen and oxygen atoms in total. The van der Waals surface area contributed by atoms with Crippen molar-refractivity contribution in [3.05, 3.63) is 30.1 Å². The summed E-state index contributed by atoms with van der Waals surface area (Å²) in [4.78, 5) is 24.8. The SMILES string of the molecule is CC1C(C(=O)O)CCN1C(=O)CCCOc1ccccc1F. The van der Waals surface area contributed by atoms with Gasteiger partial charge in [-0.05, 0) is 31.9 Å². The molecule has 1 aliphatic rings. The van der Waals surface area contributed by atoms with Gasteiger partial charge >= 0.3 is 5.97 Å². The summed E-state index contributed by atoms with van der Waals surface area (Å²) in [6.07, 6.45) is 1.23. The molecule has 0 radical (unpaired) electrons. The second-order valence-corrected chi connectivity index (χ2v) is 5.44. The van der Waals surface area contributed by atoms with Gasteiger partial charge in [0, 0.05) is 19.0 Å². The van der Waals surface area contributed by atoms with Gasteiger partial charge in [0.1, 0.15) is 0 Å². The number of halogens is 1. The van der Waals surface area contributed by atoms with E-state index in [-0.39, 0.29) is 30.7 Å². The smallest absolute Gasteiger partial charge is 0.308 e. The number of carbonyl (C=O) groups excluding carboxylic acids is 1. The van der Waals surface area contributed by atoms with Crippen molar-refractivity contribution in [2.75, 3.05) is 13.2 Å². The molecule has 1 aromatic rings. The van der Waals surface area contributed by atoms with Crippen LogP contribution in [0.25, 0.3) is 0 Å². The lowest BCUT2D eigenvalue weighted by Crippen LogP contribution is -2.37. The molecule has 0 aromatic heterocycles. The second-order valence-electron chi connectivity index (χ2n) is 5.44. The van der Waals surface area contributed by atoms with Gasteiger partial charge in [-0.2, -0.15) is 0 Å². The molecular weight excluding hydrogens is 289 g/mol. The van der Waals surface area contributed by atoms with Crippen LogP contribution in [0.3, 0.4) is 0 Å². The highest BCUT2D eigenvalue weighted by molar-refractivity contribution is 5.79. The van der Waals surface area contributed by atoms with Crippen molar-refractivity contribution in [2.24, 2.45) is 5.92 Å². The Hall–Kier alpha value is -2.11. The number of rotatable bonds is 6. The van der Waals surface area contributed by atoms with E-state index in [1.807, 2.05) is 0 Å². The Balaban J connectivity index is 1.75. The minimum absolute atomic E-state index is 0.0756. The fourth-order valence-electron chi connectivity index (χ4n) is 2.73. The number of likely N-dealkylation sites (tertiary alicyclic amines) is 1. The summed E-state index contributed by atoms with van der Waals surface area (Å²) >= 11 is 0. The highest BCUT2D eigenvalue weighted by Gasteiger charge is 2.37. The Morgan fingerprint density at radius 3 is 2.77 bits per heavy atom. The molecule has 1 heterocycles. The van der Waals surface area contributed by atoms with E-state index in [1.165, 1.54) is 12.1 Å². The first-order valence-corrected chi connectivity index (χ1v) is 7.40. The van der Waals surface area contributed by atoms with Crippen LogP contribution in [0.1, 0.15) is 26.2 Å². The van der Waals surface area contributed by atoms with E-state index in [0.29, 0.717) is 19.4 Å². The predicted octanol–water partition coefficient (Wildman–Crippen LogP) is 2.31. The first-order chi connectivity index (χ1) is 10.5. The average molecular weight is 309 g/mol. The molecule has 0 bridgehead atoms. The largest absolute Gasteiger partial charge is 0.491 e. The summed E-state index contributed by atoms with van der Waals surface area (Å²) in [5, 5.41) is 9.06. The van der Waals surface area contributed by atoms with Gasteiger partial charge < -0.3 is 14.7 Å². The maximum Gasteiger partial charge on any atom is 0.308 e. The normalized spacial score (nSPS) is 20.9. The number of carbonyl (C=O) groups is 2. The van der Waals surface area contributed by atoms with Crippen molar-refractivity contribution in [2.45, 2.75) is 32.2 Å². The lowest BCUT2D eigenvalue weighted by atomic mass is 10.0. The van der Waals surface area contributed by atoms with Crippen LogP contribution in [0.15, 0.2) is 24.3 Å². The van der Waals surface area contributed by atoms with Crippen molar-refractivity contribution in [3.63, 3.8) is 0 Å². The fourth-order valence-corrected chi connectivity index (χ4v) is 2.73. The zero-order valence-electron chi connectivity index (χ0n) is 12.5. The average Bonchev–Trinajstić information content (AvgIpc) is 2.87. The summed E-state index contributed by atoms with van der Waals surface area (Å²) in [7, 11) is 0. The van der Waals surface area contributed by atoms with Gasteiger partial charge in [-0.25, -0.2) is 4.39 Å². The summed E-state index contributed by atoms with van der Waals surface area (Å²) in [6.45, 7) is 2.49. The number of hydrogen-bond acceptors (Lipinski definition) is 3. The van der Waals surface area contributed by atoms with Crippen molar-refractivity contribution >= 4 is 11.9 Å². The number of para-hydroxylation sites is 1. The molecule has 120 valence electrons. The zero-order valence-corrected chi connectivity index (χ0v) is 12.5. The van der Waals surface area contributed by atoms with Crippen molar-refractivity contribution in [3.8, 4) is 5.75 Å². The van der Waals surface area contributed by atoms with Crippen LogP contribution in [0, 0.1) is 11.7 Å². The molecule has 1 aromatic carbocycles. The predicted molar refractivity (Wildman–Crippen MR) is 78.0 cm³/mol. The van der Waals surface area contributed by atoms with E-state index in [4.69, 9.17) is 9.84 Å². The fraction of sp³-hybridized carbons (Fsp3) is 0.500. The Labute approximate surface area is 128 Å². The Bertz CT molecular complexity index is 549.